The Morgan fingerprint density at radius 2 is 1.96 bits per heavy atom. The Balaban J connectivity index is 1.80. The summed E-state index contributed by atoms with van der Waals surface area (Å²) in [6, 6.07) is 9.85. The third kappa shape index (κ3) is 3.64. The Morgan fingerprint density at radius 3 is 2.58 bits per heavy atom. The van der Waals surface area contributed by atoms with Gasteiger partial charge in [0.2, 0.25) is 0 Å². The Labute approximate surface area is 142 Å². The van der Waals surface area contributed by atoms with Gasteiger partial charge in [0.25, 0.3) is 0 Å². The molecule has 0 atom stereocenters. The van der Waals surface area contributed by atoms with E-state index in [2.05, 4.69) is 18.9 Å². The van der Waals surface area contributed by atoms with Gasteiger partial charge in [0.15, 0.2) is 5.82 Å². The smallest absolute Gasteiger partial charge is 0.153 e. The van der Waals surface area contributed by atoms with Crippen molar-refractivity contribution in [3.8, 4) is 11.4 Å². The zero-order valence-electron chi connectivity index (χ0n) is 14.4. The molecular weight excluding hydrogens is 302 g/mol. The maximum atomic E-state index is 5.23. The molecule has 0 spiro atoms. The van der Waals surface area contributed by atoms with Gasteiger partial charge in [-0.05, 0) is 36.8 Å². The average molecular weight is 325 g/mol. The molecule has 0 amide bonds. The number of hydrogen-bond acceptors (Lipinski definition) is 4. The molecule has 0 unspecified atom stereocenters. The lowest BCUT2D eigenvalue weighted by molar-refractivity contribution is 0.414. The second kappa shape index (κ2) is 7.29. The number of ether oxygens (including phenoxy) is 1. The highest BCUT2D eigenvalue weighted by atomic mass is 16.5. The van der Waals surface area contributed by atoms with Crippen molar-refractivity contribution >= 4 is 0 Å². The fourth-order valence-electron chi connectivity index (χ4n) is 2.53. The SMILES string of the molecule is COc1ccc(-n2nc(C(C)C)nc2CCCn2cccn2)cc1. The summed E-state index contributed by atoms with van der Waals surface area (Å²) in [5.41, 5.74) is 1.00. The van der Waals surface area contributed by atoms with E-state index in [4.69, 9.17) is 14.8 Å². The quantitative estimate of drug-likeness (QED) is 0.669. The van der Waals surface area contributed by atoms with E-state index < -0.39 is 0 Å². The van der Waals surface area contributed by atoms with E-state index in [1.165, 1.54) is 0 Å². The highest BCUT2D eigenvalue weighted by Gasteiger charge is 2.14. The molecule has 2 aromatic heterocycles. The highest BCUT2D eigenvalue weighted by Crippen LogP contribution is 2.19. The van der Waals surface area contributed by atoms with Crippen LogP contribution < -0.4 is 4.74 Å². The first-order valence-electron chi connectivity index (χ1n) is 8.25. The fraction of sp³-hybridized carbons (Fsp3) is 0.389. The molecule has 0 bridgehead atoms. The summed E-state index contributed by atoms with van der Waals surface area (Å²) in [6.45, 7) is 5.10. The van der Waals surface area contributed by atoms with Crippen molar-refractivity contribution in [2.45, 2.75) is 39.2 Å². The molecule has 6 nitrogen and oxygen atoms in total. The number of nitrogens with zero attached hydrogens (tertiary/aromatic N) is 5. The molecule has 0 aliphatic rings. The van der Waals surface area contributed by atoms with Crippen LogP contribution in [0.25, 0.3) is 5.69 Å². The van der Waals surface area contributed by atoms with Crippen LogP contribution in [0.5, 0.6) is 5.75 Å². The van der Waals surface area contributed by atoms with Crippen LogP contribution >= 0.6 is 0 Å². The van der Waals surface area contributed by atoms with Gasteiger partial charge >= 0.3 is 0 Å². The minimum absolute atomic E-state index is 0.300. The first-order chi connectivity index (χ1) is 11.7. The van der Waals surface area contributed by atoms with Gasteiger partial charge in [0.05, 0.1) is 12.8 Å². The molecule has 0 saturated heterocycles. The van der Waals surface area contributed by atoms with Crippen molar-refractivity contribution in [2.24, 2.45) is 0 Å². The predicted octanol–water partition coefficient (Wildman–Crippen LogP) is 3.23. The zero-order valence-corrected chi connectivity index (χ0v) is 14.4. The summed E-state index contributed by atoms with van der Waals surface area (Å²) in [4.78, 5) is 4.74. The van der Waals surface area contributed by atoms with E-state index in [1.54, 1.807) is 13.3 Å². The number of rotatable bonds is 7. The van der Waals surface area contributed by atoms with E-state index in [9.17, 15) is 0 Å². The van der Waals surface area contributed by atoms with Gasteiger partial charge < -0.3 is 4.74 Å². The van der Waals surface area contributed by atoms with Gasteiger partial charge in [-0.3, -0.25) is 4.68 Å². The average Bonchev–Trinajstić information content (AvgIpc) is 3.25. The van der Waals surface area contributed by atoms with Crippen LogP contribution in [-0.2, 0) is 13.0 Å². The van der Waals surface area contributed by atoms with Crippen LogP contribution in [0.3, 0.4) is 0 Å². The number of aryl methyl sites for hydroxylation is 2. The molecule has 0 aliphatic heterocycles. The van der Waals surface area contributed by atoms with Gasteiger partial charge in [-0.25, -0.2) is 9.67 Å². The molecule has 3 rings (SSSR count). The second-order valence-electron chi connectivity index (χ2n) is 6.02. The molecule has 0 fully saturated rings. The molecule has 1 aromatic carbocycles. The molecule has 24 heavy (non-hydrogen) atoms. The highest BCUT2D eigenvalue weighted by molar-refractivity contribution is 5.37. The molecular formula is C18H23N5O. The van der Waals surface area contributed by atoms with Crippen molar-refractivity contribution in [1.29, 1.82) is 0 Å². The summed E-state index contributed by atoms with van der Waals surface area (Å²) in [7, 11) is 1.67. The molecule has 0 N–H and O–H groups in total. The Hall–Kier alpha value is -2.63. The van der Waals surface area contributed by atoms with Crippen molar-refractivity contribution in [3.63, 3.8) is 0 Å². The standard InChI is InChI=1S/C18H23N5O/c1-14(2)18-20-17(6-4-12-22-13-5-11-19-22)23(21-18)15-7-9-16(24-3)10-8-15/h5,7-11,13-14H,4,6,12H2,1-3H3. The van der Waals surface area contributed by atoms with Crippen LogP contribution in [0.1, 0.15) is 37.8 Å². The zero-order chi connectivity index (χ0) is 16.9. The second-order valence-corrected chi connectivity index (χ2v) is 6.02. The normalized spacial score (nSPS) is 11.2. The largest absolute Gasteiger partial charge is 0.497 e. The molecule has 0 radical (unpaired) electrons. The van der Waals surface area contributed by atoms with Crippen LogP contribution in [0.15, 0.2) is 42.7 Å². The predicted molar refractivity (Wildman–Crippen MR) is 92.5 cm³/mol. The van der Waals surface area contributed by atoms with Gasteiger partial charge in [-0.2, -0.15) is 10.2 Å². The van der Waals surface area contributed by atoms with Crippen LogP contribution in [0.4, 0.5) is 0 Å². The monoisotopic (exact) mass is 325 g/mol. The Kier molecular flexibility index (Phi) is 4.93. The summed E-state index contributed by atoms with van der Waals surface area (Å²) < 4.78 is 9.11. The summed E-state index contributed by atoms with van der Waals surface area (Å²) in [6.07, 6.45) is 5.60. The topological polar surface area (TPSA) is 57.8 Å². The van der Waals surface area contributed by atoms with Crippen molar-refractivity contribution in [1.82, 2.24) is 24.5 Å². The van der Waals surface area contributed by atoms with Crippen molar-refractivity contribution < 1.29 is 4.74 Å². The van der Waals surface area contributed by atoms with Gasteiger partial charge in [0, 0.05) is 31.3 Å². The van der Waals surface area contributed by atoms with Crippen LogP contribution in [-0.4, -0.2) is 31.7 Å². The molecule has 126 valence electrons. The van der Waals surface area contributed by atoms with E-state index in [-0.39, 0.29) is 0 Å². The van der Waals surface area contributed by atoms with E-state index in [1.807, 2.05) is 45.9 Å². The van der Waals surface area contributed by atoms with E-state index in [0.717, 1.165) is 42.5 Å². The van der Waals surface area contributed by atoms with Crippen LogP contribution in [0.2, 0.25) is 0 Å². The number of benzene rings is 1. The number of aromatic nitrogens is 5. The Bertz CT molecular complexity index is 759. The number of hydrogen-bond donors (Lipinski definition) is 0. The molecule has 0 saturated carbocycles. The van der Waals surface area contributed by atoms with Crippen LogP contribution in [0, 0.1) is 0 Å². The van der Waals surface area contributed by atoms with Gasteiger partial charge in [0.1, 0.15) is 11.6 Å². The van der Waals surface area contributed by atoms with Gasteiger partial charge in [-0.15, -0.1) is 0 Å². The lowest BCUT2D eigenvalue weighted by Crippen LogP contribution is -2.06. The van der Waals surface area contributed by atoms with Gasteiger partial charge in [-0.1, -0.05) is 13.8 Å². The summed E-state index contributed by atoms with van der Waals surface area (Å²) >= 11 is 0. The molecule has 3 aromatic rings. The lowest BCUT2D eigenvalue weighted by atomic mass is 10.2. The van der Waals surface area contributed by atoms with Crippen molar-refractivity contribution in [3.05, 3.63) is 54.4 Å². The Morgan fingerprint density at radius 1 is 1.17 bits per heavy atom. The van der Waals surface area contributed by atoms with Crippen molar-refractivity contribution in [2.75, 3.05) is 7.11 Å². The van der Waals surface area contributed by atoms with E-state index in [0.29, 0.717) is 5.92 Å². The molecule has 0 aliphatic carbocycles. The van der Waals surface area contributed by atoms with E-state index >= 15 is 0 Å². The maximum absolute atomic E-state index is 5.23. The third-order valence-corrected chi connectivity index (χ3v) is 3.87. The first kappa shape index (κ1) is 16.2. The summed E-state index contributed by atoms with van der Waals surface area (Å²) in [5, 5.41) is 8.93. The third-order valence-electron chi connectivity index (χ3n) is 3.87. The minimum atomic E-state index is 0.300. The molecule has 2 heterocycles. The first-order valence-corrected chi connectivity index (χ1v) is 8.25. The lowest BCUT2D eigenvalue weighted by Gasteiger charge is -2.07. The number of methoxy groups -OCH3 is 1. The maximum Gasteiger partial charge on any atom is 0.153 e. The fourth-order valence-corrected chi connectivity index (χ4v) is 2.53. The summed E-state index contributed by atoms with van der Waals surface area (Å²) in [5.74, 6) is 2.99. The minimum Gasteiger partial charge on any atom is -0.497 e. The molecule has 6 heteroatoms.